The van der Waals surface area contributed by atoms with Gasteiger partial charge >= 0.3 is 0 Å². The van der Waals surface area contributed by atoms with Crippen molar-refractivity contribution in [3.63, 3.8) is 0 Å². The highest BCUT2D eigenvalue weighted by atomic mass is 16.3. The molecule has 0 saturated carbocycles. The summed E-state index contributed by atoms with van der Waals surface area (Å²) in [6.45, 7) is 11.0. The Morgan fingerprint density at radius 1 is 1.33 bits per heavy atom. The average Bonchev–Trinajstić information content (AvgIpc) is 3.03. The van der Waals surface area contributed by atoms with Gasteiger partial charge in [0, 0.05) is 6.54 Å². The second-order valence-electron chi connectivity index (χ2n) is 7.41. The number of fused-ring (bicyclic) bond motifs is 1. The minimum absolute atomic E-state index is 0.0929. The summed E-state index contributed by atoms with van der Waals surface area (Å²) in [5, 5.41) is 3.48. The fourth-order valence-corrected chi connectivity index (χ4v) is 3.35. The second-order valence-corrected chi connectivity index (χ2v) is 7.41. The smallest absolute Gasteiger partial charge is 0.203 e. The number of rotatable bonds is 3. The van der Waals surface area contributed by atoms with Crippen molar-refractivity contribution in [1.29, 1.82) is 0 Å². The van der Waals surface area contributed by atoms with E-state index in [4.69, 9.17) is 9.40 Å². The van der Waals surface area contributed by atoms with Crippen LogP contribution in [-0.2, 0) is 10.8 Å². The zero-order valence-corrected chi connectivity index (χ0v) is 13.6. The molecule has 0 bridgehead atoms. The Bertz CT molecular complexity index is 630. The Morgan fingerprint density at radius 3 is 2.76 bits per heavy atom. The molecule has 1 unspecified atom stereocenters. The Morgan fingerprint density at radius 2 is 2.14 bits per heavy atom. The molecular weight excluding hydrogens is 260 g/mol. The predicted molar refractivity (Wildman–Crippen MR) is 86.8 cm³/mol. The molecule has 0 amide bonds. The van der Waals surface area contributed by atoms with E-state index >= 15 is 0 Å². The minimum Gasteiger partial charge on any atom is -0.440 e. The highest BCUT2D eigenvalue weighted by molar-refractivity contribution is 5.74. The number of hydrogen-bond donors (Lipinski definition) is 1. The fraction of sp³-hybridized carbons (Fsp3) is 0.611. The van der Waals surface area contributed by atoms with Gasteiger partial charge in [-0.2, -0.15) is 0 Å². The van der Waals surface area contributed by atoms with E-state index in [0.29, 0.717) is 0 Å². The summed E-state index contributed by atoms with van der Waals surface area (Å²) < 4.78 is 6.12. The van der Waals surface area contributed by atoms with Gasteiger partial charge in [-0.25, -0.2) is 4.98 Å². The number of oxazole rings is 1. The van der Waals surface area contributed by atoms with Crippen LogP contribution in [0.5, 0.6) is 0 Å². The van der Waals surface area contributed by atoms with E-state index in [9.17, 15) is 0 Å². The maximum Gasteiger partial charge on any atom is 0.203 e. The van der Waals surface area contributed by atoms with Gasteiger partial charge in [-0.15, -0.1) is 0 Å². The molecule has 1 aliphatic heterocycles. The van der Waals surface area contributed by atoms with Crippen LogP contribution in [0.3, 0.4) is 0 Å². The number of nitrogens with one attached hydrogen (secondary N) is 1. The summed E-state index contributed by atoms with van der Waals surface area (Å²) in [7, 11) is 0. The van der Waals surface area contributed by atoms with Gasteiger partial charge in [0.1, 0.15) is 5.52 Å². The van der Waals surface area contributed by atoms with Crippen LogP contribution in [0.2, 0.25) is 0 Å². The third-order valence-electron chi connectivity index (χ3n) is 4.68. The maximum atomic E-state index is 6.12. The second kappa shape index (κ2) is 5.13. The largest absolute Gasteiger partial charge is 0.440 e. The minimum atomic E-state index is 0.0929. The summed E-state index contributed by atoms with van der Waals surface area (Å²) in [4.78, 5) is 4.85. The Kier molecular flexibility index (Phi) is 3.56. The van der Waals surface area contributed by atoms with Crippen LogP contribution in [0.1, 0.15) is 58.4 Å². The van der Waals surface area contributed by atoms with Crippen molar-refractivity contribution < 1.29 is 4.42 Å². The van der Waals surface area contributed by atoms with Crippen molar-refractivity contribution in [3.05, 3.63) is 29.7 Å². The quantitative estimate of drug-likeness (QED) is 0.921. The Hall–Kier alpha value is -1.35. The first-order valence-corrected chi connectivity index (χ1v) is 8.07. The van der Waals surface area contributed by atoms with Crippen LogP contribution in [0.15, 0.2) is 22.6 Å². The summed E-state index contributed by atoms with van der Waals surface area (Å²) in [6, 6.07) is 6.43. The lowest BCUT2D eigenvalue weighted by Gasteiger charge is -2.23. The van der Waals surface area contributed by atoms with E-state index in [1.165, 1.54) is 5.56 Å². The van der Waals surface area contributed by atoms with E-state index < -0.39 is 0 Å². The van der Waals surface area contributed by atoms with Gasteiger partial charge in [-0.05, 0) is 42.5 Å². The summed E-state index contributed by atoms with van der Waals surface area (Å²) in [5.74, 6) is 0.926. The predicted octanol–water partition coefficient (Wildman–Crippen LogP) is 4.16. The van der Waals surface area contributed by atoms with Crippen LogP contribution in [0.25, 0.3) is 11.1 Å². The lowest BCUT2D eigenvalue weighted by atomic mass is 9.82. The number of hydrogen-bond acceptors (Lipinski definition) is 3. The van der Waals surface area contributed by atoms with Crippen molar-refractivity contribution in [2.75, 3.05) is 13.1 Å². The molecule has 1 saturated heterocycles. The molecule has 1 aromatic carbocycles. The summed E-state index contributed by atoms with van der Waals surface area (Å²) in [6.07, 6.45) is 3.42. The lowest BCUT2D eigenvalue weighted by Crippen LogP contribution is -2.29. The van der Waals surface area contributed by atoms with Crippen molar-refractivity contribution in [2.45, 2.75) is 57.8 Å². The molecule has 1 atom stereocenters. The van der Waals surface area contributed by atoms with E-state index in [1.54, 1.807) is 0 Å². The Labute approximate surface area is 127 Å². The van der Waals surface area contributed by atoms with Gasteiger partial charge in [0.15, 0.2) is 5.58 Å². The van der Waals surface area contributed by atoms with Gasteiger partial charge in [0.2, 0.25) is 5.89 Å². The molecule has 114 valence electrons. The monoisotopic (exact) mass is 286 g/mol. The highest BCUT2D eigenvalue weighted by Crippen LogP contribution is 2.37. The molecule has 1 aromatic heterocycles. The van der Waals surface area contributed by atoms with E-state index in [2.05, 4.69) is 51.2 Å². The fourth-order valence-electron chi connectivity index (χ4n) is 3.35. The molecule has 0 spiro atoms. The molecule has 3 rings (SSSR count). The number of nitrogens with zero attached hydrogens (tertiary/aromatic N) is 1. The molecule has 3 heteroatoms. The zero-order valence-electron chi connectivity index (χ0n) is 13.6. The summed E-state index contributed by atoms with van der Waals surface area (Å²) in [5.41, 5.74) is 3.46. The van der Waals surface area contributed by atoms with Crippen LogP contribution in [-0.4, -0.2) is 18.1 Å². The molecule has 1 aliphatic rings. The molecule has 1 fully saturated rings. The van der Waals surface area contributed by atoms with Crippen LogP contribution >= 0.6 is 0 Å². The van der Waals surface area contributed by atoms with Crippen molar-refractivity contribution in [2.24, 2.45) is 0 Å². The lowest BCUT2D eigenvalue weighted by molar-refractivity contribution is 0.331. The van der Waals surface area contributed by atoms with Crippen molar-refractivity contribution in [1.82, 2.24) is 10.3 Å². The average molecular weight is 286 g/mol. The van der Waals surface area contributed by atoms with Crippen molar-refractivity contribution in [3.8, 4) is 0 Å². The van der Waals surface area contributed by atoms with Gasteiger partial charge in [0.05, 0.1) is 5.41 Å². The molecular formula is C18H26N2O. The van der Waals surface area contributed by atoms with E-state index in [0.717, 1.165) is 49.3 Å². The van der Waals surface area contributed by atoms with Crippen LogP contribution in [0, 0.1) is 0 Å². The third kappa shape index (κ3) is 2.59. The number of aromatic nitrogens is 1. The zero-order chi connectivity index (χ0) is 15.1. The van der Waals surface area contributed by atoms with Crippen molar-refractivity contribution >= 4 is 11.1 Å². The molecule has 0 radical (unpaired) electrons. The topological polar surface area (TPSA) is 38.1 Å². The molecule has 2 heterocycles. The van der Waals surface area contributed by atoms with Crippen LogP contribution < -0.4 is 5.32 Å². The van der Waals surface area contributed by atoms with E-state index in [1.807, 2.05) is 0 Å². The van der Waals surface area contributed by atoms with E-state index in [-0.39, 0.29) is 10.8 Å². The van der Waals surface area contributed by atoms with Gasteiger partial charge in [-0.3, -0.25) is 0 Å². The highest BCUT2D eigenvalue weighted by Gasteiger charge is 2.39. The standard InChI is InChI=1S/C18H26N2O/c1-5-8-18(9-10-19-12-18)16-20-14-11-13(17(2,3)4)6-7-15(14)21-16/h6-7,11,19H,5,8-10,12H2,1-4H3. The first kappa shape index (κ1) is 14.6. The van der Waals surface area contributed by atoms with Gasteiger partial charge in [-0.1, -0.05) is 40.2 Å². The number of benzene rings is 1. The van der Waals surface area contributed by atoms with Crippen LogP contribution in [0.4, 0.5) is 0 Å². The maximum absolute atomic E-state index is 6.12. The molecule has 1 N–H and O–H groups in total. The summed E-state index contributed by atoms with van der Waals surface area (Å²) >= 11 is 0. The SMILES string of the molecule is CCCC1(c2nc3cc(C(C)(C)C)ccc3o2)CCNC1. The first-order valence-electron chi connectivity index (χ1n) is 8.07. The third-order valence-corrected chi connectivity index (χ3v) is 4.68. The van der Waals surface area contributed by atoms with Gasteiger partial charge < -0.3 is 9.73 Å². The molecule has 3 nitrogen and oxygen atoms in total. The molecule has 0 aliphatic carbocycles. The normalized spacial score (nSPS) is 23.0. The Balaban J connectivity index is 2.04. The van der Waals surface area contributed by atoms with Gasteiger partial charge in [0.25, 0.3) is 0 Å². The molecule has 21 heavy (non-hydrogen) atoms. The molecule has 2 aromatic rings. The first-order chi connectivity index (χ1) is 9.94.